The van der Waals surface area contributed by atoms with Crippen molar-refractivity contribution < 1.29 is 4.79 Å². The van der Waals surface area contributed by atoms with Gasteiger partial charge in [-0.1, -0.05) is 0 Å². The fourth-order valence-corrected chi connectivity index (χ4v) is 3.81. The molecule has 1 saturated carbocycles. The first-order valence-corrected chi connectivity index (χ1v) is 8.34. The maximum Gasteiger partial charge on any atom is 0.222 e. The van der Waals surface area contributed by atoms with Crippen molar-refractivity contribution in [3.8, 4) is 0 Å². The van der Waals surface area contributed by atoms with Gasteiger partial charge in [0, 0.05) is 50.9 Å². The molecule has 0 aromatic carbocycles. The molecular weight excluding hydrogens is 264 g/mol. The van der Waals surface area contributed by atoms with Gasteiger partial charge in [0.05, 0.1) is 12.0 Å². The first-order chi connectivity index (χ1) is 10.3. The molecule has 1 amide bonds. The van der Waals surface area contributed by atoms with Gasteiger partial charge in [-0.2, -0.15) is 0 Å². The highest BCUT2D eigenvalue weighted by molar-refractivity contribution is 5.78. The summed E-state index contributed by atoms with van der Waals surface area (Å²) in [5.74, 6) is 0.375. The van der Waals surface area contributed by atoms with E-state index < -0.39 is 0 Å². The molecule has 0 radical (unpaired) electrons. The number of hydrogen-bond donors (Lipinski definition) is 0. The van der Waals surface area contributed by atoms with E-state index in [1.54, 1.807) is 0 Å². The van der Waals surface area contributed by atoms with E-state index in [4.69, 9.17) is 0 Å². The number of nitrogens with zero attached hydrogens (tertiary/aromatic N) is 4. The minimum atomic E-state index is 0.375. The highest BCUT2D eigenvalue weighted by atomic mass is 16.2. The van der Waals surface area contributed by atoms with Crippen molar-refractivity contribution in [3.63, 3.8) is 0 Å². The second kappa shape index (κ2) is 5.44. The predicted molar refractivity (Wildman–Crippen MR) is 79.7 cm³/mol. The van der Waals surface area contributed by atoms with E-state index in [1.807, 2.05) is 12.5 Å². The average molecular weight is 288 g/mol. The van der Waals surface area contributed by atoms with Crippen LogP contribution >= 0.6 is 0 Å². The van der Waals surface area contributed by atoms with E-state index in [9.17, 15) is 4.79 Å². The van der Waals surface area contributed by atoms with Gasteiger partial charge in [0.15, 0.2) is 0 Å². The summed E-state index contributed by atoms with van der Waals surface area (Å²) < 4.78 is 2.36. The van der Waals surface area contributed by atoms with Gasteiger partial charge in [-0.15, -0.1) is 0 Å². The zero-order valence-electron chi connectivity index (χ0n) is 12.6. The Morgan fingerprint density at radius 2 is 1.90 bits per heavy atom. The van der Waals surface area contributed by atoms with E-state index in [0.29, 0.717) is 18.0 Å². The first kappa shape index (κ1) is 13.3. The highest BCUT2D eigenvalue weighted by Crippen LogP contribution is 2.36. The molecule has 3 aliphatic rings. The Labute approximate surface area is 125 Å². The summed E-state index contributed by atoms with van der Waals surface area (Å²) in [5, 5.41) is 0. The van der Waals surface area contributed by atoms with E-state index in [2.05, 4.69) is 19.4 Å². The van der Waals surface area contributed by atoms with Crippen molar-refractivity contribution in [2.75, 3.05) is 19.6 Å². The van der Waals surface area contributed by atoms with E-state index in [-0.39, 0.29) is 0 Å². The summed E-state index contributed by atoms with van der Waals surface area (Å²) in [5.41, 5.74) is 1.35. The molecule has 3 fully saturated rings. The third kappa shape index (κ3) is 2.71. The Bertz CT molecular complexity index is 514. The molecule has 1 aromatic heterocycles. The molecule has 3 heterocycles. The van der Waals surface area contributed by atoms with Gasteiger partial charge in [0.1, 0.15) is 0 Å². The molecular formula is C16H24N4O. The number of piperidine rings is 1. The highest BCUT2D eigenvalue weighted by Gasteiger charge is 2.31. The molecule has 4 rings (SSSR count). The van der Waals surface area contributed by atoms with Gasteiger partial charge in [0.25, 0.3) is 0 Å². The van der Waals surface area contributed by atoms with Crippen molar-refractivity contribution in [1.82, 2.24) is 19.4 Å². The van der Waals surface area contributed by atoms with Crippen LogP contribution in [0.15, 0.2) is 12.5 Å². The minimum Gasteiger partial charge on any atom is -0.340 e. The number of carbonyl (C=O) groups is 1. The number of rotatable bonds is 4. The molecule has 1 aliphatic carbocycles. The standard InChI is InChI=1S/C16H24N4O/c21-16-2-1-7-19(16)14-5-8-18(9-6-14)11-15-10-17-12-20(15)13-3-4-13/h10,12-14H,1-9,11H2. The average Bonchev–Trinajstić information content (AvgIpc) is 3.09. The SMILES string of the molecule is O=C1CCCN1C1CCN(Cc2cncn2C2CC2)CC1. The maximum atomic E-state index is 11.8. The smallest absolute Gasteiger partial charge is 0.222 e. The number of likely N-dealkylation sites (tertiary alicyclic amines) is 2. The normalized spacial score (nSPS) is 25.0. The number of amides is 1. The predicted octanol–water partition coefficient (Wildman–Crippen LogP) is 1.80. The van der Waals surface area contributed by atoms with Crippen LogP contribution in [0.5, 0.6) is 0 Å². The van der Waals surface area contributed by atoms with Crippen LogP contribution in [0.3, 0.4) is 0 Å². The summed E-state index contributed by atoms with van der Waals surface area (Å²) in [4.78, 5) is 20.8. The molecule has 0 atom stereocenters. The van der Waals surface area contributed by atoms with Crippen molar-refractivity contribution in [2.45, 2.75) is 57.2 Å². The van der Waals surface area contributed by atoms with Gasteiger partial charge in [-0.3, -0.25) is 9.69 Å². The maximum absolute atomic E-state index is 11.8. The topological polar surface area (TPSA) is 41.4 Å². The largest absolute Gasteiger partial charge is 0.340 e. The molecule has 0 N–H and O–H groups in total. The lowest BCUT2D eigenvalue weighted by Gasteiger charge is -2.36. The van der Waals surface area contributed by atoms with Gasteiger partial charge in [-0.25, -0.2) is 4.98 Å². The van der Waals surface area contributed by atoms with E-state index in [1.165, 1.54) is 18.5 Å². The summed E-state index contributed by atoms with van der Waals surface area (Å²) in [6.45, 7) is 4.20. The summed E-state index contributed by atoms with van der Waals surface area (Å²) in [6.07, 6.45) is 10.7. The summed E-state index contributed by atoms with van der Waals surface area (Å²) in [7, 11) is 0. The van der Waals surface area contributed by atoms with Gasteiger partial charge in [-0.05, 0) is 32.1 Å². The number of aromatic nitrogens is 2. The van der Waals surface area contributed by atoms with Gasteiger partial charge < -0.3 is 9.47 Å². The molecule has 1 aromatic rings. The van der Waals surface area contributed by atoms with Crippen molar-refractivity contribution in [3.05, 3.63) is 18.2 Å². The van der Waals surface area contributed by atoms with Crippen LogP contribution in [0.1, 0.15) is 50.3 Å². The Kier molecular flexibility index (Phi) is 3.45. The first-order valence-electron chi connectivity index (χ1n) is 8.34. The van der Waals surface area contributed by atoms with E-state index >= 15 is 0 Å². The van der Waals surface area contributed by atoms with Crippen LogP contribution in [0.4, 0.5) is 0 Å². The van der Waals surface area contributed by atoms with Crippen LogP contribution < -0.4 is 0 Å². The Morgan fingerprint density at radius 3 is 2.57 bits per heavy atom. The monoisotopic (exact) mass is 288 g/mol. The number of hydrogen-bond acceptors (Lipinski definition) is 3. The molecule has 5 nitrogen and oxygen atoms in total. The van der Waals surface area contributed by atoms with Crippen LogP contribution in [0.25, 0.3) is 0 Å². The Balaban J connectivity index is 1.33. The molecule has 0 unspecified atom stereocenters. The lowest BCUT2D eigenvalue weighted by Crippen LogP contribution is -2.45. The molecule has 0 bridgehead atoms. The molecule has 0 spiro atoms. The number of imidazole rings is 1. The minimum absolute atomic E-state index is 0.375. The lowest BCUT2D eigenvalue weighted by molar-refractivity contribution is -0.130. The van der Waals surface area contributed by atoms with Crippen LogP contribution in [-0.4, -0.2) is 50.9 Å². The molecule has 21 heavy (non-hydrogen) atoms. The zero-order valence-corrected chi connectivity index (χ0v) is 12.6. The van der Waals surface area contributed by atoms with Crippen LogP contribution in [-0.2, 0) is 11.3 Å². The summed E-state index contributed by atoms with van der Waals surface area (Å²) in [6, 6.07) is 1.20. The fraction of sp³-hybridized carbons (Fsp3) is 0.750. The van der Waals surface area contributed by atoms with Crippen LogP contribution in [0, 0.1) is 0 Å². The zero-order chi connectivity index (χ0) is 14.2. The second-order valence-corrected chi connectivity index (χ2v) is 6.72. The van der Waals surface area contributed by atoms with Crippen molar-refractivity contribution in [1.29, 1.82) is 0 Å². The van der Waals surface area contributed by atoms with Crippen LogP contribution in [0.2, 0.25) is 0 Å². The summed E-state index contributed by atoms with van der Waals surface area (Å²) >= 11 is 0. The fourth-order valence-electron chi connectivity index (χ4n) is 3.81. The Hall–Kier alpha value is -1.36. The van der Waals surface area contributed by atoms with Crippen molar-refractivity contribution >= 4 is 5.91 Å². The molecule has 2 aliphatic heterocycles. The quantitative estimate of drug-likeness (QED) is 0.848. The van der Waals surface area contributed by atoms with Gasteiger partial charge in [0.2, 0.25) is 5.91 Å². The Morgan fingerprint density at radius 1 is 1.10 bits per heavy atom. The number of carbonyl (C=O) groups excluding carboxylic acids is 1. The lowest BCUT2D eigenvalue weighted by atomic mass is 10.0. The van der Waals surface area contributed by atoms with Crippen molar-refractivity contribution in [2.24, 2.45) is 0 Å². The molecule has 5 heteroatoms. The molecule has 2 saturated heterocycles. The third-order valence-electron chi connectivity index (χ3n) is 5.18. The third-order valence-corrected chi connectivity index (χ3v) is 5.18. The second-order valence-electron chi connectivity index (χ2n) is 6.72. The van der Waals surface area contributed by atoms with Gasteiger partial charge >= 0.3 is 0 Å². The molecule has 114 valence electrons. The van der Waals surface area contributed by atoms with E-state index in [0.717, 1.165) is 51.9 Å².